The van der Waals surface area contributed by atoms with E-state index in [0.717, 1.165) is 17.5 Å². The predicted molar refractivity (Wildman–Crippen MR) is 111 cm³/mol. The first-order valence-corrected chi connectivity index (χ1v) is 9.84. The molecule has 3 aromatic rings. The first-order valence-electron chi connectivity index (χ1n) is 9.84. The predicted octanol–water partition coefficient (Wildman–Crippen LogP) is 3.86. The third-order valence-corrected chi connectivity index (χ3v) is 5.26. The van der Waals surface area contributed by atoms with Crippen LogP contribution in [0.15, 0.2) is 62.8 Å². The van der Waals surface area contributed by atoms with Gasteiger partial charge in [0.1, 0.15) is 17.4 Å². The van der Waals surface area contributed by atoms with Crippen molar-refractivity contribution in [2.45, 2.75) is 19.4 Å². The highest BCUT2D eigenvalue weighted by Gasteiger charge is 2.45. The molecule has 1 aromatic carbocycles. The van der Waals surface area contributed by atoms with Crippen LogP contribution in [0.4, 0.5) is 0 Å². The fourth-order valence-electron chi connectivity index (χ4n) is 3.82. The lowest BCUT2D eigenvalue weighted by Crippen LogP contribution is -2.33. The zero-order valence-corrected chi connectivity index (χ0v) is 17.2. The van der Waals surface area contributed by atoms with Crippen molar-refractivity contribution in [3.63, 3.8) is 0 Å². The summed E-state index contributed by atoms with van der Waals surface area (Å²) in [5.74, 6) is -1.15. The molecule has 7 heteroatoms. The molecule has 1 aliphatic rings. The number of fused-ring (bicyclic) bond motifs is 1. The summed E-state index contributed by atoms with van der Waals surface area (Å²) in [5.41, 5.74) is 1.60. The van der Waals surface area contributed by atoms with Crippen LogP contribution in [0.1, 0.15) is 34.3 Å². The fraction of sp³-hybridized carbons (Fsp3) is 0.304. The Balaban J connectivity index is 1.71. The Morgan fingerprint density at radius 2 is 2.03 bits per heavy atom. The minimum atomic E-state index is -0.794. The Bertz CT molecular complexity index is 1120. The summed E-state index contributed by atoms with van der Waals surface area (Å²) >= 11 is 0. The molecule has 0 aliphatic carbocycles. The van der Waals surface area contributed by atoms with Gasteiger partial charge >= 0.3 is 0 Å². The Morgan fingerprint density at radius 3 is 2.73 bits per heavy atom. The van der Waals surface area contributed by atoms with Crippen molar-refractivity contribution in [3.05, 3.63) is 71.1 Å². The molecule has 1 aliphatic heterocycles. The van der Waals surface area contributed by atoms with Gasteiger partial charge in [0, 0.05) is 11.9 Å². The van der Waals surface area contributed by atoms with E-state index in [9.17, 15) is 14.7 Å². The van der Waals surface area contributed by atoms with E-state index in [1.807, 2.05) is 38.1 Å². The van der Waals surface area contributed by atoms with Crippen molar-refractivity contribution < 1.29 is 23.5 Å². The zero-order valence-electron chi connectivity index (χ0n) is 17.2. The topological polar surface area (TPSA) is 87.1 Å². The number of aryl methyl sites for hydroxylation is 1. The third kappa shape index (κ3) is 3.52. The molecule has 0 saturated heterocycles. The Hall–Kier alpha value is -3.32. The van der Waals surface area contributed by atoms with Gasteiger partial charge in [-0.15, -0.1) is 0 Å². The summed E-state index contributed by atoms with van der Waals surface area (Å²) < 4.78 is 11.3. The van der Waals surface area contributed by atoms with E-state index in [1.165, 1.54) is 11.2 Å². The number of hydrogen-bond acceptors (Lipinski definition) is 6. The lowest BCUT2D eigenvalue weighted by atomic mass is 9.99. The molecule has 0 fully saturated rings. The summed E-state index contributed by atoms with van der Waals surface area (Å²) in [4.78, 5) is 29.7. The number of carbonyl (C=O) groups excluding carboxylic acids is 2. The Morgan fingerprint density at radius 1 is 1.23 bits per heavy atom. The molecule has 7 nitrogen and oxygen atoms in total. The summed E-state index contributed by atoms with van der Waals surface area (Å²) in [5, 5.41) is 11.4. The van der Waals surface area contributed by atoms with Crippen molar-refractivity contribution in [1.82, 2.24) is 9.80 Å². The molecule has 4 rings (SSSR count). The van der Waals surface area contributed by atoms with E-state index in [-0.39, 0.29) is 11.3 Å². The van der Waals surface area contributed by atoms with Crippen molar-refractivity contribution in [3.8, 4) is 0 Å². The van der Waals surface area contributed by atoms with Gasteiger partial charge < -0.3 is 23.7 Å². The highest BCUT2D eigenvalue weighted by molar-refractivity contribution is 6.15. The highest BCUT2D eigenvalue weighted by atomic mass is 16.3. The molecule has 2 aromatic heterocycles. The third-order valence-electron chi connectivity index (χ3n) is 5.26. The average molecular weight is 408 g/mol. The van der Waals surface area contributed by atoms with Crippen LogP contribution in [0.25, 0.3) is 11.0 Å². The number of furan rings is 2. The molecule has 1 amide bonds. The van der Waals surface area contributed by atoms with Crippen LogP contribution in [0, 0.1) is 6.92 Å². The molecular formula is C23H24N2O5. The van der Waals surface area contributed by atoms with Crippen LogP contribution < -0.4 is 0 Å². The molecule has 0 radical (unpaired) electrons. The van der Waals surface area contributed by atoms with Gasteiger partial charge in [-0.3, -0.25) is 9.59 Å². The number of ketones is 1. The number of rotatable bonds is 7. The molecule has 1 N–H and O–H groups in total. The maximum absolute atomic E-state index is 13.4. The summed E-state index contributed by atoms with van der Waals surface area (Å²) in [6.07, 6.45) is 2.17. The van der Waals surface area contributed by atoms with Gasteiger partial charge in [-0.05, 0) is 64.3 Å². The summed E-state index contributed by atoms with van der Waals surface area (Å²) in [7, 11) is 3.90. The molecule has 0 spiro atoms. The minimum Gasteiger partial charge on any atom is -0.503 e. The number of carbonyl (C=O) groups is 2. The van der Waals surface area contributed by atoms with Crippen LogP contribution in [0.3, 0.4) is 0 Å². The number of Topliss-reactive ketones (excluding diaryl/α,β-unsaturated/α-hetero) is 1. The Labute approximate surface area is 174 Å². The van der Waals surface area contributed by atoms with E-state index in [0.29, 0.717) is 24.3 Å². The number of aliphatic hydroxyl groups is 1. The smallest absolute Gasteiger partial charge is 0.290 e. The summed E-state index contributed by atoms with van der Waals surface area (Å²) in [6.45, 7) is 3.10. The van der Waals surface area contributed by atoms with Crippen LogP contribution >= 0.6 is 0 Å². The van der Waals surface area contributed by atoms with E-state index in [2.05, 4.69) is 0 Å². The maximum Gasteiger partial charge on any atom is 0.290 e. The number of aliphatic hydroxyl groups excluding tert-OH is 1. The van der Waals surface area contributed by atoms with Gasteiger partial charge in [0.2, 0.25) is 5.78 Å². The van der Waals surface area contributed by atoms with Crippen LogP contribution in [-0.4, -0.2) is 53.8 Å². The van der Waals surface area contributed by atoms with Gasteiger partial charge in [-0.2, -0.15) is 0 Å². The van der Waals surface area contributed by atoms with Gasteiger partial charge in [0.25, 0.3) is 5.91 Å². The molecule has 0 saturated carbocycles. The van der Waals surface area contributed by atoms with E-state index < -0.39 is 23.5 Å². The minimum absolute atomic E-state index is 0.0180. The van der Waals surface area contributed by atoms with Crippen LogP contribution in [0.5, 0.6) is 0 Å². The molecule has 1 atom stereocenters. The van der Waals surface area contributed by atoms with Crippen molar-refractivity contribution in [2.75, 3.05) is 27.2 Å². The number of nitrogens with zero attached hydrogens (tertiary/aromatic N) is 2. The fourth-order valence-corrected chi connectivity index (χ4v) is 3.82. The molecule has 30 heavy (non-hydrogen) atoms. The number of benzene rings is 1. The molecule has 1 unspecified atom stereocenters. The second-order valence-corrected chi connectivity index (χ2v) is 7.82. The van der Waals surface area contributed by atoms with E-state index in [4.69, 9.17) is 8.83 Å². The summed E-state index contributed by atoms with van der Waals surface area (Å²) in [6, 6.07) is 9.85. The lowest BCUT2D eigenvalue weighted by Gasteiger charge is -2.25. The number of amides is 1. The lowest BCUT2D eigenvalue weighted by molar-refractivity contribution is -0.129. The van der Waals surface area contributed by atoms with Gasteiger partial charge in [-0.25, -0.2) is 0 Å². The monoisotopic (exact) mass is 408 g/mol. The molecule has 156 valence electrons. The zero-order chi connectivity index (χ0) is 21.4. The van der Waals surface area contributed by atoms with Crippen molar-refractivity contribution in [2.24, 2.45) is 0 Å². The van der Waals surface area contributed by atoms with E-state index >= 15 is 0 Å². The van der Waals surface area contributed by atoms with Crippen LogP contribution in [0.2, 0.25) is 0 Å². The van der Waals surface area contributed by atoms with E-state index in [1.54, 1.807) is 24.3 Å². The average Bonchev–Trinajstić information content (AvgIpc) is 3.41. The SMILES string of the molecule is Cc1ccc2oc(C(=O)C3=C(O)C(=O)N(CCCN(C)C)C3c3ccco3)cc2c1. The highest BCUT2D eigenvalue weighted by Crippen LogP contribution is 2.39. The second-order valence-electron chi connectivity index (χ2n) is 7.82. The van der Waals surface area contributed by atoms with Gasteiger partial charge in [0.05, 0.1) is 11.8 Å². The van der Waals surface area contributed by atoms with Crippen molar-refractivity contribution >= 4 is 22.7 Å². The van der Waals surface area contributed by atoms with Crippen molar-refractivity contribution in [1.29, 1.82) is 0 Å². The molecular weight excluding hydrogens is 384 g/mol. The largest absolute Gasteiger partial charge is 0.503 e. The normalized spacial score (nSPS) is 17.0. The van der Waals surface area contributed by atoms with Gasteiger partial charge in [-0.1, -0.05) is 11.6 Å². The first-order chi connectivity index (χ1) is 14.4. The molecule has 0 bridgehead atoms. The number of hydrogen-bond donors (Lipinski definition) is 1. The van der Waals surface area contributed by atoms with Gasteiger partial charge in [0.15, 0.2) is 11.5 Å². The first kappa shape index (κ1) is 20.0. The quantitative estimate of drug-likeness (QED) is 0.597. The maximum atomic E-state index is 13.4. The Kier molecular flexibility index (Phi) is 5.22. The van der Waals surface area contributed by atoms with Crippen LogP contribution in [-0.2, 0) is 4.79 Å². The second kappa shape index (κ2) is 7.84. The standard InChI is InChI=1S/C23H24N2O5/c1-14-7-8-16-15(12-14)13-18(30-16)21(26)19-20(17-6-4-11-29-17)25(23(28)22(19)27)10-5-9-24(2)3/h4,6-8,11-13,20,27H,5,9-10H2,1-3H3. The molecule has 3 heterocycles.